The smallest absolute Gasteiger partial charge is 0.266 e. The molecule has 0 atom stereocenters. The van der Waals surface area contributed by atoms with Gasteiger partial charge in [0.2, 0.25) is 11.0 Å². The van der Waals surface area contributed by atoms with Gasteiger partial charge in [-0.15, -0.1) is 10.2 Å². The van der Waals surface area contributed by atoms with Crippen LogP contribution in [0.2, 0.25) is 5.02 Å². The van der Waals surface area contributed by atoms with Gasteiger partial charge < -0.3 is 10.1 Å². The number of halogens is 1. The third-order valence-corrected chi connectivity index (χ3v) is 8.67. The van der Waals surface area contributed by atoms with Gasteiger partial charge in [0, 0.05) is 23.7 Å². The summed E-state index contributed by atoms with van der Waals surface area (Å²) in [5.74, 6) is 1.16. The predicted molar refractivity (Wildman–Crippen MR) is 152 cm³/mol. The maximum atomic E-state index is 12.8. The van der Waals surface area contributed by atoms with Gasteiger partial charge in [0.1, 0.15) is 10.1 Å². The number of methoxy groups -OCH3 is 1. The second kappa shape index (κ2) is 12.7. The number of carbonyl (C=O) groups is 2. The fourth-order valence-corrected chi connectivity index (χ4v) is 6.33. The molecule has 0 saturated carbocycles. The van der Waals surface area contributed by atoms with Crippen molar-refractivity contribution >= 4 is 86.0 Å². The van der Waals surface area contributed by atoms with Crippen molar-refractivity contribution in [1.29, 1.82) is 0 Å². The lowest BCUT2D eigenvalue weighted by Crippen LogP contribution is -2.29. The minimum absolute atomic E-state index is 0.146. The standard InChI is InChI=1S/C24H21ClN4O3S4/c1-32-18-10-6-15(7-11-18)13-19-21(31)29(24(33)35-19)12-2-3-20(30)26-22-27-28-23(36-22)34-14-16-4-8-17(25)9-5-16/h4-11,13H,2-3,12,14H2,1H3,(H,26,27,30)/b19-13-. The van der Waals surface area contributed by atoms with Crippen molar-refractivity contribution in [2.24, 2.45) is 0 Å². The van der Waals surface area contributed by atoms with Crippen LogP contribution in [0.1, 0.15) is 24.0 Å². The van der Waals surface area contributed by atoms with Gasteiger partial charge in [0.05, 0.1) is 12.0 Å². The second-order valence-electron chi connectivity index (χ2n) is 7.55. The topological polar surface area (TPSA) is 84.4 Å². The molecule has 0 aliphatic carbocycles. The molecule has 12 heteroatoms. The zero-order valence-electron chi connectivity index (χ0n) is 19.1. The van der Waals surface area contributed by atoms with Crippen molar-refractivity contribution in [3.05, 3.63) is 69.6 Å². The quantitative estimate of drug-likeness (QED) is 0.134. The van der Waals surface area contributed by atoms with Crippen molar-refractivity contribution in [2.75, 3.05) is 19.0 Å². The number of nitrogens with zero attached hydrogens (tertiary/aromatic N) is 3. The van der Waals surface area contributed by atoms with Crippen LogP contribution >= 0.6 is 58.7 Å². The molecule has 2 heterocycles. The summed E-state index contributed by atoms with van der Waals surface area (Å²) in [4.78, 5) is 27.3. The third kappa shape index (κ3) is 7.30. The van der Waals surface area contributed by atoms with Crippen LogP contribution in [0.5, 0.6) is 5.75 Å². The lowest BCUT2D eigenvalue weighted by Gasteiger charge is -2.13. The van der Waals surface area contributed by atoms with E-state index in [1.807, 2.05) is 54.6 Å². The summed E-state index contributed by atoms with van der Waals surface area (Å²) in [7, 11) is 1.61. The van der Waals surface area contributed by atoms with E-state index in [1.54, 1.807) is 23.8 Å². The molecular weight excluding hydrogens is 556 g/mol. The van der Waals surface area contributed by atoms with Crippen LogP contribution in [0.3, 0.4) is 0 Å². The maximum absolute atomic E-state index is 12.8. The molecule has 36 heavy (non-hydrogen) atoms. The highest BCUT2D eigenvalue weighted by Gasteiger charge is 2.31. The summed E-state index contributed by atoms with van der Waals surface area (Å²) < 4.78 is 6.42. The highest BCUT2D eigenvalue weighted by atomic mass is 35.5. The molecule has 7 nitrogen and oxygen atoms in total. The molecule has 3 aromatic rings. The molecule has 1 aromatic heterocycles. The van der Waals surface area contributed by atoms with Gasteiger partial charge in [-0.05, 0) is 47.9 Å². The number of hydrogen-bond donors (Lipinski definition) is 1. The van der Waals surface area contributed by atoms with Crippen LogP contribution in [-0.2, 0) is 15.3 Å². The number of thiocarbonyl (C=S) groups is 1. The third-order valence-electron chi connectivity index (χ3n) is 5.00. The number of aromatic nitrogens is 2. The Morgan fingerprint density at radius 2 is 1.94 bits per heavy atom. The second-order valence-corrected chi connectivity index (χ2v) is 11.9. The summed E-state index contributed by atoms with van der Waals surface area (Å²) in [6, 6.07) is 15.1. The zero-order valence-corrected chi connectivity index (χ0v) is 23.1. The molecule has 0 radical (unpaired) electrons. The van der Waals surface area contributed by atoms with Gasteiger partial charge in [0.25, 0.3) is 5.91 Å². The Labute approximate surface area is 231 Å². The highest BCUT2D eigenvalue weighted by molar-refractivity contribution is 8.26. The van der Waals surface area contributed by atoms with Crippen molar-refractivity contribution in [3.8, 4) is 5.75 Å². The number of anilines is 1. The van der Waals surface area contributed by atoms with E-state index in [9.17, 15) is 9.59 Å². The molecule has 1 saturated heterocycles. The lowest BCUT2D eigenvalue weighted by molar-refractivity contribution is -0.122. The van der Waals surface area contributed by atoms with Crippen LogP contribution in [0, 0.1) is 0 Å². The molecule has 0 unspecified atom stereocenters. The van der Waals surface area contributed by atoms with Gasteiger partial charge >= 0.3 is 0 Å². The van der Waals surface area contributed by atoms with Crippen molar-refractivity contribution < 1.29 is 14.3 Å². The Morgan fingerprint density at radius 3 is 2.67 bits per heavy atom. The van der Waals surface area contributed by atoms with E-state index in [-0.39, 0.29) is 18.2 Å². The summed E-state index contributed by atoms with van der Waals surface area (Å²) >= 11 is 15.4. The van der Waals surface area contributed by atoms with E-state index >= 15 is 0 Å². The average Bonchev–Trinajstić information content (AvgIpc) is 3.43. The molecule has 186 valence electrons. The number of hydrogen-bond acceptors (Lipinski definition) is 9. The number of carbonyl (C=O) groups excluding carboxylic acids is 2. The first kappa shape index (κ1) is 26.6. The van der Waals surface area contributed by atoms with E-state index in [0.717, 1.165) is 27.0 Å². The Bertz CT molecular complexity index is 1280. The van der Waals surface area contributed by atoms with Crippen LogP contribution in [0.4, 0.5) is 5.13 Å². The number of rotatable bonds is 10. The molecular formula is C24H21ClN4O3S4. The monoisotopic (exact) mass is 576 g/mol. The van der Waals surface area contributed by atoms with Crippen molar-refractivity contribution in [1.82, 2.24) is 15.1 Å². The first-order valence-electron chi connectivity index (χ1n) is 10.8. The zero-order chi connectivity index (χ0) is 25.5. The maximum Gasteiger partial charge on any atom is 0.266 e. The molecule has 1 aliphatic heterocycles. The molecule has 1 aliphatic rings. The van der Waals surface area contributed by atoms with Crippen LogP contribution in [0.25, 0.3) is 6.08 Å². The summed E-state index contributed by atoms with van der Waals surface area (Å²) in [6.07, 6.45) is 2.52. The number of thioether (sulfide) groups is 2. The predicted octanol–water partition coefficient (Wildman–Crippen LogP) is 6.11. The Balaban J connectivity index is 1.22. The van der Waals surface area contributed by atoms with Crippen LogP contribution in [0.15, 0.2) is 57.8 Å². The summed E-state index contributed by atoms with van der Waals surface area (Å²) in [5, 5.41) is 12.1. The summed E-state index contributed by atoms with van der Waals surface area (Å²) in [6.45, 7) is 0.371. The van der Waals surface area contributed by atoms with Gasteiger partial charge in [-0.2, -0.15) is 0 Å². The van der Waals surface area contributed by atoms with Crippen molar-refractivity contribution in [3.63, 3.8) is 0 Å². The van der Waals surface area contributed by atoms with E-state index in [1.165, 1.54) is 23.1 Å². The first-order valence-corrected chi connectivity index (χ1v) is 14.2. The average molecular weight is 577 g/mol. The van der Waals surface area contributed by atoms with E-state index in [0.29, 0.717) is 32.3 Å². The molecule has 4 rings (SSSR count). The molecule has 2 aromatic carbocycles. The van der Waals surface area contributed by atoms with Gasteiger partial charge in [-0.1, -0.05) is 82.9 Å². The van der Waals surface area contributed by atoms with Gasteiger partial charge in [-0.3, -0.25) is 14.5 Å². The van der Waals surface area contributed by atoms with Gasteiger partial charge in [0.15, 0.2) is 4.34 Å². The number of nitrogens with one attached hydrogen (secondary N) is 1. The number of benzene rings is 2. The Morgan fingerprint density at radius 1 is 1.19 bits per heavy atom. The largest absolute Gasteiger partial charge is 0.497 e. The molecule has 1 fully saturated rings. The van der Waals surface area contributed by atoms with E-state index < -0.39 is 0 Å². The van der Waals surface area contributed by atoms with E-state index in [2.05, 4.69) is 15.5 Å². The Hall–Kier alpha value is -2.44. The first-order chi connectivity index (χ1) is 17.4. The number of amides is 2. The number of ether oxygens (including phenoxy) is 1. The molecule has 0 bridgehead atoms. The normalized spacial score (nSPS) is 14.5. The lowest BCUT2D eigenvalue weighted by atomic mass is 10.2. The Kier molecular flexibility index (Phi) is 9.38. The van der Waals surface area contributed by atoms with Gasteiger partial charge in [-0.25, -0.2) is 0 Å². The van der Waals surface area contributed by atoms with Crippen LogP contribution in [-0.4, -0.2) is 44.9 Å². The molecule has 2 amide bonds. The fourth-order valence-electron chi connectivity index (χ4n) is 3.17. The minimum Gasteiger partial charge on any atom is -0.497 e. The summed E-state index contributed by atoms with van der Waals surface area (Å²) in [5.41, 5.74) is 2.01. The van der Waals surface area contributed by atoms with Crippen molar-refractivity contribution in [2.45, 2.75) is 22.9 Å². The SMILES string of the molecule is COc1ccc(/C=C2\SC(=S)N(CCCC(=O)Nc3nnc(SCc4ccc(Cl)cc4)s3)C2=O)cc1. The fraction of sp³-hybridized carbons (Fsp3) is 0.208. The minimum atomic E-state index is -0.181. The van der Waals surface area contributed by atoms with E-state index in [4.69, 9.17) is 28.6 Å². The van der Waals surface area contributed by atoms with Crippen LogP contribution < -0.4 is 10.1 Å². The highest BCUT2D eigenvalue weighted by Crippen LogP contribution is 2.33. The molecule has 0 spiro atoms. The molecule has 1 N–H and O–H groups in total.